The van der Waals surface area contributed by atoms with Crippen LogP contribution >= 0.6 is 0 Å². The number of halogens is 1. The van der Waals surface area contributed by atoms with E-state index in [0.717, 1.165) is 25.9 Å². The maximum atomic E-state index is 12.9. The van der Waals surface area contributed by atoms with Crippen molar-refractivity contribution in [1.29, 1.82) is 0 Å². The zero-order chi connectivity index (χ0) is 15.7. The molecule has 0 N–H and O–H groups in total. The van der Waals surface area contributed by atoms with Gasteiger partial charge in [-0.3, -0.25) is 4.79 Å². The van der Waals surface area contributed by atoms with E-state index in [0.29, 0.717) is 24.7 Å². The molecule has 1 spiro atoms. The first-order valence-electron chi connectivity index (χ1n) is 7.84. The molecule has 22 heavy (non-hydrogen) atoms. The van der Waals surface area contributed by atoms with Gasteiger partial charge in [-0.15, -0.1) is 0 Å². The number of likely N-dealkylation sites (N-methyl/N-ethyl adjacent to an activating group) is 1. The van der Waals surface area contributed by atoms with Crippen LogP contribution in [0.4, 0.5) is 4.39 Å². The molecule has 4 nitrogen and oxygen atoms in total. The third-order valence-corrected chi connectivity index (χ3v) is 4.97. The third-order valence-electron chi connectivity index (χ3n) is 4.97. The maximum absolute atomic E-state index is 12.9. The summed E-state index contributed by atoms with van der Waals surface area (Å²) in [7, 11) is 4.17. The van der Waals surface area contributed by atoms with E-state index in [1.807, 2.05) is 4.90 Å². The van der Waals surface area contributed by atoms with Gasteiger partial charge in [0.05, 0.1) is 12.2 Å². The van der Waals surface area contributed by atoms with Crippen LogP contribution in [0.5, 0.6) is 0 Å². The Balaban J connectivity index is 1.60. The van der Waals surface area contributed by atoms with E-state index in [9.17, 15) is 9.18 Å². The van der Waals surface area contributed by atoms with Gasteiger partial charge in [-0.2, -0.15) is 0 Å². The highest BCUT2D eigenvalue weighted by molar-refractivity contribution is 5.94. The van der Waals surface area contributed by atoms with Crippen molar-refractivity contribution in [3.63, 3.8) is 0 Å². The topological polar surface area (TPSA) is 32.8 Å². The van der Waals surface area contributed by atoms with Crippen LogP contribution in [0.1, 0.15) is 29.6 Å². The molecule has 5 heteroatoms. The first-order chi connectivity index (χ1) is 10.5. The Morgan fingerprint density at radius 3 is 2.45 bits per heavy atom. The number of amides is 1. The summed E-state index contributed by atoms with van der Waals surface area (Å²) in [5, 5.41) is 0. The van der Waals surface area contributed by atoms with Gasteiger partial charge < -0.3 is 14.5 Å². The van der Waals surface area contributed by atoms with Crippen LogP contribution in [0.15, 0.2) is 24.3 Å². The molecule has 120 valence electrons. The van der Waals surface area contributed by atoms with Crippen LogP contribution in [0.25, 0.3) is 0 Å². The highest BCUT2D eigenvalue weighted by atomic mass is 19.1. The third kappa shape index (κ3) is 3.01. The molecule has 1 aromatic rings. The number of hydrogen-bond donors (Lipinski definition) is 0. The first-order valence-corrected chi connectivity index (χ1v) is 7.84. The molecule has 0 bridgehead atoms. The van der Waals surface area contributed by atoms with Crippen LogP contribution in [0.3, 0.4) is 0 Å². The van der Waals surface area contributed by atoms with E-state index >= 15 is 0 Å². The molecule has 1 unspecified atom stereocenters. The van der Waals surface area contributed by atoms with E-state index < -0.39 is 0 Å². The van der Waals surface area contributed by atoms with Crippen LogP contribution in [-0.4, -0.2) is 61.1 Å². The van der Waals surface area contributed by atoms with E-state index in [1.165, 1.54) is 12.1 Å². The summed E-state index contributed by atoms with van der Waals surface area (Å²) in [6.07, 6.45) is 2.80. The van der Waals surface area contributed by atoms with Crippen molar-refractivity contribution in [1.82, 2.24) is 9.80 Å². The molecule has 1 aromatic carbocycles. The number of ether oxygens (including phenoxy) is 1. The quantitative estimate of drug-likeness (QED) is 0.839. The predicted molar refractivity (Wildman–Crippen MR) is 82.3 cm³/mol. The number of carbonyl (C=O) groups excluding carboxylic acids is 1. The van der Waals surface area contributed by atoms with Gasteiger partial charge in [0.1, 0.15) is 5.82 Å². The van der Waals surface area contributed by atoms with Crippen molar-refractivity contribution in [3.8, 4) is 0 Å². The zero-order valence-corrected chi connectivity index (χ0v) is 13.2. The monoisotopic (exact) mass is 306 g/mol. The Morgan fingerprint density at radius 2 is 1.91 bits per heavy atom. The Kier molecular flexibility index (Phi) is 4.19. The zero-order valence-electron chi connectivity index (χ0n) is 13.2. The highest BCUT2D eigenvalue weighted by Crippen LogP contribution is 2.37. The second-order valence-corrected chi connectivity index (χ2v) is 6.61. The first kappa shape index (κ1) is 15.4. The number of nitrogens with zero attached hydrogens (tertiary/aromatic N) is 2. The number of hydrogen-bond acceptors (Lipinski definition) is 3. The Morgan fingerprint density at radius 1 is 1.27 bits per heavy atom. The molecule has 2 heterocycles. The lowest BCUT2D eigenvalue weighted by Crippen LogP contribution is -2.46. The van der Waals surface area contributed by atoms with Crippen molar-refractivity contribution in [2.45, 2.75) is 30.9 Å². The molecule has 1 amide bonds. The van der Waals surface area contributed by atoms with Crippen molar-refractivity contribution < 1.29 is 13.9 Å². The lowest BCUT2D eigenvalue weighted by atomic mass is 9.87. The highest BCUT2D eigenvalue weighted by Gasteiger charge is 2.43. The number of rotatable bonds is 2. The van der Waals surface area contributed by atoms with E-state index in [2.05, 4.69) is 19.0 Å². The predicted octanol–water partition coefficient (Wildman–Crippen LogP) is 2.15. The molecule has 2 aliphatic rings. The SMILES string of the molecule is CN(C)C1COC2(CCN(C(=O)c3ccc(F)cc3)CC2)C1. The molecule has 1 atom stereocenters. The molecule has 0 radical (unpaired) electrons. The summed E-state index contributed by atoms with van der Waals surface area (Å²) in [5.41, 5.74) is 0.491. The fourth-order valence-corrected chi connectivity index (χ4v) is 3.39. The fourth-order valence-electron chi connectivity index (χ4n) is 3.39. The van der Waals surface area contributed by atoms with Crippen molar-refractivity contribution in [2.75, 3.05) is 33.8 Å². The van der Waals surface area contributed by atoms with Crippen molar-refractivity contribution >= 4 is 5.91 Å². The summed E-state index contributed by atoms with van der Waals surface area (Å²) < 4.78 is 19.0. The number of benzene rings is 1. The van der Waals surface area contributed by atoms with Gasteiger partial charge in [-0.25, -0.2) is 4.39 Å². The minimum atomic E-state index is -0.316. The second-order valence-electron chi connectivity index (χ2n) is 6.61. The Bertz CT molecular complexity index is 536. The minimum absolute atomic E-state index is 0.0167. The van der Waals surface area contributed by atoms with Crippen LogP contribution in [0.2, 0.25) is 0 Å². The maximum Gasteiger partial charge on any atom is 0.253 e. The average molecular weight is 306 g/mol. The number of carbonyl (C=O) groups is 1. The van der Waals surface area contributed by atoms with Gasteiger partial charge in [0.2, 0.25) is 0 Å². The van der Waals surface area contributed by atoms with Crippen LogP contribution < -0.4 is 0 Å². The van der Waals surface area contributed by atoms with Crippen molar-refractivity contribution in [2.24, 2.45) is 0 Å². The summed E-state index contributed by atoms with van der Waals surface area (Å²) in [6, 6.07) is 6.24. The molecule has 0 aromatic heterocycles. The summed E-state index contributed by atoms with van der Waals surface area (Å²) in [5.74, 6) is -0.333. The summed E-state index contributed by atoms with van der Waals surface area (Å²) in [4.78, 5) is 16.5. The standard InChI is InChI=1S/C17H23FN2O2/c1-19(2)15-11-17(22-12-15)7-9-20(10-8-17)16(21)13-3-5-14(18)6-4-13/h3-6,15H,7-12H2,1-2H3. The smallest absolute Gasteiger partial charge is 0.253 e. The van der Waals surface area contributed by atoms with Crippen LogP contribution in [0, 0.1) is 5.82 Å². The van der Waals surface area contributed by atoms with Crippen LogP contribution in [-0.2, 0) is 4.74 Å². The Hall–Kier alpha value is -1.46. The van der Waals surface area contributed by atoms with Gasteiger partial charge in [0, 0.05) is 24.7 Å². The average Bonchev–Trinajstić information content (AvgIpc) is 2.92. The van der Waals surface area contributed by atoms with Gasteiger partial charge >= 0.3 is 0 Å². The van der Waals surface area contributed by atoms with Gasteiger partial charge in [-0.05, 0) is 57.6 Å². The molecule has 3 rings (SSSR count). The molecular weight excluding hydrogens is 283 g/mol. The molecule has 2 fully saturated rings. The molecular formula is C17H23FN2O2. The Labute approximate surface area is 130 Å². The molecule has 2 aliphatic heterocycles. The normalized spacial score (nSPS) is 24.2. The number of likely N-dealkylation sites (tertiary alicyclic amines) is 1. The van der Waals surface area contributed by atoms with Gasteiger partial charge in [0.15, 0.2) is 0 Å². The van der Waals surface area contributed by atoms with Gasteiger partial charge in [0.25, 0.3) is 5.91 Å². The van der Waals surface area contributed by atoms with E-state index in [4.69, 9.17) is 4.74 Å². The molecule has 0 aliphatic carbocycles. The van der Waals surface area contributed by atoms with E-state index in [-0.39, 0.29) is 17.3 Å². The summed E-state index contributed by atoms with van der Waals surface area (Å²) in [6.45, 7) is 2.19. The minimum Gasteiger partial charge on any atom is -0.373 e. The molecule has 0 saturated carbocycles. The summed E-state index contributed by atoms with van der Waals surface area (Å²) >= 11 is 0. The largest absolute Gasteiger partial charge is 0.373 e. The van der Waals surface area contributed by atoms with Gasteiger partial charge in [-0.1, -0.05) is 0 Å². The lowest BCUT2D eigenvalue weighted by molar-refractivity contribution is -0.0392. The lowest BCUT2D eigenvalue weighted by Gasteiger charge is -2.39. The van der Waals surface area contributed by atoms with E-state index in [1.54, 1.807) is 12.1 Å². The number of piperidine rings is 1. The van der Waals surface area contributed by atoms with Crippen molar-refractivity contribution in [3.05, 3.63) is 35.6 Å². The second kappa shape index (κ2) is 5.97. The molecule has 2 saturated heterocycles. The fraction of sp³-hybridized carbons (Fsp3) is 0.588.